The largest absolute Gasteiger partial charge is 0.495 e. The first-order chi connectivity index (χ1) is 57.1. The van der Waals surface area contributed by atoms with Crippen molar-refractivity contribution in [3.05, 3.63) is 96.3 Å². The second-order valence-electron chi connectivity index (χ2n) is 30.3. The molecule has 0 unspecified atom stereocenters. The number of carbonyl (C=O) groups is 15. The number of amides is 15. The number of fused-ring (bicyclic) bond motifs is 2. The van der Waals surface area contributed by atoms with Gasteiger partial charge in [-0.15, -0.1) is 0 Å². The Balaban J connectivity index is 1.40. The second-order valence-corrected chi connectivity index (χ2v) is 30.3. The number of carbonyl (C=O) groups excluding carboxylic acids is 15. The van der Waals surface area contributed by atoms with E-state index in [9.17, 15) is 71.9 Å². The van der Waals surface area contributed by atoms with Crippen LogP contribution in [0, 0.1) is 23.2 Å². The van der Waals surface area contributed by atoms with Gasteiger partial charge >= 0.3 is 0 Å². The number of hydrogen-bond acceptors (Lipinski definition) is 20. The van der Waals surface area contributed by atoms with E-state index in [0.717, 1.165) is 10.9 Å². The number of para-hydroxylation sites is 4. The first-order valence-corrected chi connectivity index (χ1v) is 40.5. The van der Waals surface area contributed by atoms with Crippen LogP contribution in [0.25, 0.3) is 21.8 Å². The standard InChI is InChI=1S/C81H123N23O16/c1-9-46(6)69(80(119)98-58(27-16-18-34-82)74(113)96-55(70(86)109)32-33-64(85)106)104-77(116)61(39-49-42-91-53-25-13-11-23-51(49)53)100-73(112)57(29-20-36-84)95-66(108)43-92-71(110)62(40-65(107)94-54-26-14-15-31-63(54)120-8)101-79(118)68(45(4)5)102-75(114)59(28-17-19-35-83)97-78(117)67(44(2)3)103-76(115)60(38-48-41-90-52-24-12-10-22-50(48)52)99-72(111)56(93-47(7)105)30-21-37-89-81(87)88/h10-15,22-26,31,41-42,44-46,55-62,67-69,90-91H,9,16-21,27-30,32-40,43,82-84H2,1-8H3,(H2,85,106)(H2,86,109)(H,92,110)(H,93,105)(H,94,107)(H,95,108)(H,96,113)(H,97,117)(H,98,119)(H,99,111)(H,100,112)(H,101,118)(H,102,114)(H,103,115)(H,104,116)(H4,87,88,89)/t46-,55-,56-,57-,58-,59-,60-,61-,62-,67-,68-,69-/m0/s1. The van der Waals surface area contributed by atoms with Crippen LogP contribution in [-0.2, 0) is 84.8 Å². The molecule has 0 aliphatic heterocycles. The van der Waals surface area contributed by atoms with Gasteiger partial charge in [0, 0.05) is 66.9 Å². The van der Waals surface area contributed by atoms with Gasteiger partial charge in [-0.25, -0.2) is 0 Å². The van der Waals surface area contributed by atoms with E-state index in [0.29, 0.717) is 47.7 Å². The normalized spacial score (nSPS) is 14.2. The summed E-state index contributed by atoms with van der Waals surface area (Å²) in [7, 11) is 1.36. The Morgan fingerprint density at radius 1 is 0.433 bits per heavy atom. The Morgan fingerprint density at radius 2 is 0.850 bits per heavy atom. The molecule has 5 aromatic rings. The van der Waals surface area contributed by atoms with Crippen LogP contribution in [0.3, 0.4) is 0 Å². The molecular formula is C81H123N23O16. The number of guanidine groups is 1. The number of hydrogen-bond donors (Lipinski definition) is 23. The molecule has 29 N–H and O–H groups in total. The summed E-state index contributed by atoms with van der Waals surface area (Å²) < 4.78 is 5.42. The Labute approximate surface area is 697 Å². The van der Waals surface area contributed by atoms with E-state index in [1.165, 1.54) is 20.1 Å². The van der Waals surface area contributed by atoms with Crippen LogP contribution in [0.5, 0.6) is 5.75 Å². The summed E-state index contributed by atoms with van der Waals surface area (Å²) in [5.74, 6) is -14.8. The fraction of sp³-hybridized carbons (Fsp3) is 0.531. The Kier molecular flexibility index (Phi) is 41.4. The summed E-state index contributed by atoms with van der Waals surface area (Å²) in [6, 6.07) is 5.26. The lowest BCUT2D eigenvalue weighted by Crippen LogP contribution is -2.61. The number of nitrogens with one attached hydrogen (secondary N) is 17. The van der Waals surface area contributed by atoms with Crippen molar-refractivity contribution in [2.75, 3.05) is 45.2 Å². The maximum Gasteiger partial charge on any atom is 0.243 e. The number of H-pyrrole nitrogens is 2. The smallest absolute Gasteiger partial charge is 0.243 e. The van der Waals surface area contributed by atoms with Crippen molar-refractivity contribution < 1.29 is 76.7 Å². The minimum atomic E-state index is -1.81. The van der Waals surface area contributed by atoms with E-state index in [4.69, 9.17) is 44.5 Å². The quantitative estimate of drug-likeness (QED) is 0.0117. The van der Waals surface area contributed by atoms with Crippen molar-refractivity contribution >= 4 is 122 Å². The summed E-state index contributed by atoms with van der Waals surface area (Å²) >= 11 is 0. The highest BCUT2D eigenvalue weighted by atomic mass is 16.5. The summed E-state index contributed by atoms with van der Waals surface area (Å²) in [6.07, 6.45) is 3.90. The second kappa shape index (κ2) is 50.5. The zero-order valence-electron chi connectivity index (χ0n) is 69.5. The van der Waals surface area contributed by atoms with E-state index >= 15 is 0 Å². The number of anilines is 1. The topological polar surface area (TPSA) is 645 Å². The van der Waals surface area contributed by atoms with Crippen molar-refractivity contribution in [2.45, 2.75) is 218 Å². The van der Waals surface area contributed by atoms with Crippen LogP contribution in [0.15, 0.2) is 85.2 Å². The molecule has 0 spiro atoms. The third kappa shape index (κ3) is 32.2. The molecule has 12 atom stereocenters. The number of ether oxygens (including phenoxy) is 1. The van der Waals surface area contributed by atoms with Gasteiger partial charge in [0.25, 0.3) is 0 Å². The van der Waals surface area contributed by atoms with Gasteiger partial charge in [0.1, 0.15) is 72.2 Å². The summed E-state index contributed by atoms with van der Waals surface area (Å²) in [5, 5.41) is 46.2. The van der Waals surface area contributed by atoms with Crippen LogP contribution in [0.1, 0.15) is 149 Å². The highest BCUT2D eigenvalue weighted by Gasteiger charge is 2.39. The Morgan fingerprint density at radius 3 is 1.32 bits per heavy atom. The van der Waals surface area contributed by atoms with E-state index < -0.39 is 186 Å². The van der Waals surface area contributed by atoms with Crippen LogP contribution in [-0.4, -0.2) is 211 Å². The van der Waals surface area contributed by atoms with E-state index in [1.807, 2.05) is 18.2 Å². The maximum absolute atomic E-state index is 14.9. The third-order valence-electron chi connectivity index (χ3n) is 20.1. The van der Waals surface area contributed by atoms with Gasteiger partial charge in [0.05, 0.1) is 25.8 Å². The SMILES string of the molecule is CC[C@H](C)[C@H](NC(=O)[C@H](Cc1c[nH]c2ccccc12)NC(=O)[C@H](CCCN)NC(=O)CNC(=O)[C@H](CC(=O)Nc1ccccc1OC)NC(=O)[C@@H](NC(=O)[C@H](CCCCN)NC(=O)[C@@H](NC(=O)[C@H](Cc1c[nH]c2ccccc12)NC(=O)[C@H](CCCNC(=N)N)NC(C)=O)C(C)C)C(C)C)C(=O)N[C@@H](CCCCN)C(=O)N[C@@H](CCC(N)=O)C(N)=O. The molecule has 0 saturated heterocycles. The summed E-state index contributed by atoms with van der Waals surface area (Å²) in [6.45, 7) is 10.9. The lowest BCUT2D eigenvalue weighted by Gasteiger charge is -2.30. The number of rotatable bonds is 54. The zero-order chi connectivity index (χ0) is 88.7. The van der Waals surface area contributed by atoms with Gasteiger partial charge in [-0.1, -0.05) is 96.5 Å². The van der Waals surface area contributed by atoms with Crippen LogP contribution < -0.4 is 114 Å². The molecule has 3 aromatic carbocycles. The van der Waals surface area contributed by atoms with E-state index in [2.05, 4.69) is 84.4 Å². The van der Waals surface area contributed by atoms with Crippen molar-refractivity contribution in [3.8, 4) is 5.75 Å². The molecule has 0 aliphatic rings. The minimum absolute atomic E-state index is 0.0235. The third-order valence-corrected chi connectivity index (χ3v) is 20.1. The number of aromatic amines is 2. The lowest BCUT2D eigenvalue weighted by atomic mass is 9.96. The molecule has 0 bridgehead atoms. The molecule has 15 amide bonds. The molecular weight excluding hydrogens is 1550 g/mol. The molecule has 39 nitrogen and oxygen atoms in total. The summed E-state index contributed by atoms with van der Waals surface area (Å²) in [5.41, 5.74) is 36.7. The summed E-state index contributed by atoms with van der Waals surface area (Å²) in [4.78, 5) is 217. The molecule has 0 aliphatic carbocycles. The molecule has 2 heterocycles. The molecule has 5 rings (SSSR count). The average Bonchev–Trinajstić information content (AvgIpc) is 1.67. The molecule has 0 fully saturated rings. The molecule has 39 heteroatoms. The Bertz CT molecular complexity index is 4320. The lowest BCUT2D eigenvalue weighted by molar-refractivity contribution is -0.137. The zero-order valence-corrected chi connectivity index (χ0v) is 69.5. The van der Waals surface area contributed by atoms with Crippen molar-refractivity contribution in [2.24, 2.45) is 52.2 Å². The fourth-order valence-corrected chi connectivity index (χ4v) is 13.2. The number of benzene rings is 3. The van der Waals surface area contributed by atoms with Crippen molar-refractivity contribution in [1.82, 2.24) is 79.1 Å². The molecule has 0 radical (unpaired) electrons. The van der Waals surface area contributed by atoms with Gasteiger partial charge in [-0.2, -0.15) is 0 Å². The predicted molar refractivity (Wildman–Crippen MR) is 450 cm³/mol. The van der Waals surface area contributed by atoms with Gasteiger partial charge in [-0.3, -0.25) is 77.3 Å². The van der Waals surface area contributed by atoms with Gasteiger partial charge in [0.2, 0.25) is 88.6 Å². The molecule has 120 heavy (non-hydrogen) atoms. The van der Waals surface area contributed by atoms with Gasteiger partial charge in [0.15, 0.2) is 5.96 Å². The van der Waals surface area contributed by atoms with Crippen molar-refractivity contribution in [1.29, 1.82) is 5.41 Å². The van der Waals surface area contributed by atoms with Crippen molar-refractivity contribution in [3.63, 3.8) is 0 Å². The molecule has 658 valence electrons. The van der Waals surface area contributed by atoms with Crippen LogP contribution in [0.2, 0.25) is 0 Å². The Hall–Kier alpha value is -12.3. The van der Waals surface area contributed by atoms with Crippen LogP contribution in [0.4, 0.5) is 5.69 Å². The van der Waals surface area contributed by atoms with Crippen LogP contribution >= 0.6 is 0 Å². The minimum Gasteiger partial charge on any atom is -0.495 e. The first-order valence-electron chi connectivity index (χ1n) is 40.5. The highest BCUT2D eigenvalue weighted by Crippen LogP contribution is 2.25. The van der Waals surface area contributed by atoms with Gasteiger partial charge in [-0.05, 0) is 143 Å². The monoisotopic (exact) mass is 1670 g/mol. The van der Waals surface area contributed by atoms with E-state index in [-0.39, 0.29) is 114 Å². The predicted octanol–water partition coefficient (Wildman–Crippen LogP) is -1.69. The highest BCUT2D eigenvalue weighted by molar-refractivity contribution is 6.02. The number of methoxy groups -OCH3 is 1. The first kappa shape index (κ1) is 98.3. The van der Waals surface area contributed by atoms with Gasteiger partial charge < -0.3 is 124 Å². The number of nitrogens with two attached hydrogens (primary N) is 6. The number of aromatic nitrogens is 2. The average molecular weight is 1680 g/mol. The maximum atomic E-state index is 14.9. The number of unbranched alkanes of at least 4 members (excludes halogenated alkanes) is 2. The number of primary amides is 2. The fourth-order valence-electron chi connectivity index (χ4n) is 13.2. The molecule has 2 aromatic heterocycles. The van der Waals surface area contributed by atoms with E-state index in [1.54, 1.807) is 102 Å². The molecule has 0 saturated carbocycles.